The van der Waals surface area contributed by atoms with E-state index in [0.717, 1.165) is 16.9 Å². The first-order valence-corrected chi connectivity index (χ1v) is 6.49. The number of hydrogen-bond acceptors (Lipinski definition) is 3. The van der Waals surface area contributed by atoms with Crippen molar-refractivity contribution >= 4 is 11.7 Å². The molecule has 102 valence electrons. The van der Waals surface area contributed by atoms with Crippen LogP contribution in [-0.4, -0.2) is 36.8 Å². The van der Waals surface area contributed by atoms with Crippen molar-refractivity contribution < 1.29 is 14.3 Å². The molecule has 0 aromatic heterocycles. The number of likely N-dealkylation sites (tertiary alicyclic amines) is 1. The van der Waals surface area contributed by atoms with Crippen LogP contribution in [0.3, 0.4) is 0 Å². The molecule has 1 aromatic carbocycles. The fourth-order valence-corrected chi connectivity index (χ4v) is 2.38. The Balaban J connectivity index is 2.24. The molecule has 1 aromatic rings. The molecule has 0 unspecified atom stereocenters. The third kappa shape index (κ3) is 2.62. The molecule has 0 aliphatic carbocycles. The molecule has 1 aliphatic rings. The first-order valence-electron chi connectivity index (χ1n) is 6.49. The van der Waals surface area contributed by atoms with Crippen LogP contribution in [0.25, 0.3) is 0 Å². The number of nitrogens with zero attached hydrogens (tertiary/aromatic N) is 1. The van der Waals surface area contributed by atoms with Crippen molar-refractivity contribution in [3.63, 3.8) is 0 Å². The Bertz CT molecular complexity index is 512. The van der Waals surface area contributed by atoms with Crippen LogP contribution in [0, 0.1) is 13.8 Å². The van der Waals surface area contributed by atoms with Crippen LogP contribution < -0.4 is 4.74 Å². The van der Waals surface area contributed by atoms with E-state index in [1.807, 2.05) is 19.9 Å². The topological polar surface area (TPSA) is 46.6 Å². The van der Waals surface area contributed by atoms with Crippen LogP contribution in [0.5, 0.6) is 5.75 Å². The second-order valence-corrected chi connectivity index (χ2v) is 4.90. The van der Waals surface area contributed by atoms with Crippen molar-refractivity contribution in [1.82, 2.24) is 4.90 Å². The maximum absolute atomic E-state index is 12.5. The first-order chi connectivity index (χ1) is 9.04. The van der Waals surface area contributed by atoms with Crippen molar-refractivity contribution in [1.29, 1.82) is 0 Å². The Hall–Kier alpha value is -1.84. The SMILES string of the molecule is COc1ccc(C(=O)N2CCC(=O)CC2)c(C)c1C. The lowest BCUT2D eigenvalue weighted by molar-refractivity contribution is -0.120. The van der Waals surface area contributed by atoms with Crippen LogP contribution in [0.4, 0.5) is 0 Å². The lowest BCUT2D eigenvalue weighted by Crippen LogP contribution is -2.38. The van der Waals surface area contributed by atoms with E-state index < -0.39 is 0 Å². The molecule has 2 rings (SSSR count). The van der Waals surface area contributed by atoms with Crippen LogP contribution in [0.1, 0.15) is 34.3 Å². The van der Waals surface area contributed by atoms with Crippen LogP contribution in [0.2, 0.25) is 0 Å². The molecular weight excluding hydrogens is 242 g/mol. The Morgan fingerprint density at radius 3 is 2.37 bits per heavy atom. The summed E-state index contributed by atoms with van der Waals surface area (Å²) in [5.41, 5.74) is 2.63. The molecule has 4 nitrogen and oxygen atoms in total. The average molecular weight is 261 g/mol. The van der Waals surface area contributed by atoms with E-state index in [1.165, 1.54) is 0 Å². The van der Waals surface area contributed by atoms with Gasteiger partial charge in [0.2, 0.25) is 0 Å². The molecule has 1 heterocycles. The Morgan fingerprint density at radius 2 is 1.79 bits per heavy atom. The summed E-state index contributed by atoms with van der Waals surface area (Å²) in [6.45, 7) is 4.94. The van der Waals surface area contributed by atoms with Gasteiger partial charge in [0, 0.05) is 31.5 Å². The molecule has 0 bridgehead atoms. The average Bonchev–Trinajstić information content (AvgIpc) is 2.42. The van der Waals surface area contributed by atoms with Gasteiger partial charge in [-0.2, -0.15) is 0 Å². The van der Waals surface area contributed by atoms with E-state index in [0.29, 0.717) is 31.5 Å². The van der Waals surface area contributed by atoms with Crippen LogP contribution >= 0.6 is 0 Å². The summed E-state index contributed by atoms with van der Waals surface area (Å²) in [5.74, 6) is 1.05. The third-order valence-corrected chi connectivity index (χ3v) is 3.80. The zero-order valence-electron chi connectivity index (χ0n) is 11.7. The lowest BCUT2D eigenvalue weighted by Gasteiger charge is -2.27. The summed E-state index contributed by atoms with van der Waals surface area (Å²) in [6, 6.07) is 3.63. The highest BCUT2D eigenvalue weighted by Crippen LogP contribution is 2.25. The summed E-state index contributed by atoms with van der Waals surface area (Å²) in [7, 11) is 1.62. The highest BCUT2D eigenvalue weighted by atomic mass is 16.5. The number of piperidine rings is 1. The minimum absolute atomic E-state index is 0.00996. The molecular formula is C15H19NO3. The summed E-state index contributed by atoms with van der Waals surface area (Å²) in [5, 5.41) is 0. The number of hydrogen-bond donors (Lipinski definition) is 0. The molecule has 4 heteroatoms. The van der Waals surface area contributed by atoms with Crippen molar-refractivity contribution in [2.75, 3.05) is 20.2 Å². The van der Waals surface area contributed by atoms with E-state index >= 15 is 0 Å². The molecule has 1 saturated heterocycles. The number of rotatable bonds is 2. The molecule has 19 heavy (non-hydrogen) atoms. The number of carbonyl (C=O) groups excluding carboxylic acids is 2. The van der Waals surface area contributed by atoms with Crippen molar-refractivity contribution in [3.05, 3.63) is 28.8 Å². The zero-order chi connectivity index (χ0) is 14.0. The number of Topliss-reactive ketones (excluding diaryl/α,β-unsaturated/α-hetero) is 1. The van der Waals surface area contributed by atoms with E-state index in [2.05, 4.69) is 0 Å². The summed E-state index contributed by atoms with van der Waals surface area (Å²) in [4.78, 5) is 25.4. The second-order valence-electron chi connectivity index (χ2n) is 4.90. The Labute approximate surface area is 113 Å². The predicted octanol–water partition coefficient (Wildman–Crippen LogP) is 2.12. The predicted molar refractivity (Wildman–Crippen MR) is 72.6 cm³/mol. The first kappa shape index (κ1) is 13.6. The van der Waals surface area contributed by atoms with Gasteiger partial charge in [0.25, 0.3) is 5.91 Å². The zero-order valence-corrected chi connectivity index (χ0v) is 11.7. The van der Waals surface area contributed by atoms with Gasteiger partial charge in [-0.05, 0) is 37.1 Å². The van der Waals surface area contributed by atoms with E-state index in [-0.39, 0.29) is 11.7 Å². The standard InChI is InChI=1S/C15H19NO3/c1-10-11(2)14(19-3)5-4-13(10)15(18)16-8-6-12(17)7-9-16/h4-5H,6-9H2,1-3H3. The van der Waals surface area contributed by atoms with Gasteiger partial charge in [-0.25, -0.2) is 0 Å². The molecule has 1 aliphatic heterocycles. The fourth-order valence-electron chi connectivity index (χ4n) is 2.38. The van der Waals surface area contributed by atoms with Crippen molar-refractivity contribution in [3.8, 4) is 5.75 Å². The number of ether oxygens (including phenoxy) is 1. The van der Waals surface area contributed by atoms with Gasteiger partial charge < -0.3 is 9.64 Å². The molecule has 0 N–H and O–H groups in total. The normalized spacial score (nSPS) is 15.5. The molecule has 1 fully saturated rings. The molecule has 0 radical (unpaired) electrons. The van der Waals surface area contributed by atoms with Gasteiger partial charge in [0.1, 0.15) is 11.5 Å². The summed E-state index contributed by atoms with van der Waals surface area (Å²) >= 11 is 0. The second kappa shape index (κ2) is 5.43. The molecule has 0 spiro atoms. The minimum Gasteiger partial charge on any atom is -0.496 e. The molecule has 0 saturated carbocycles. The van der Waals surface area contributed by atoms with Crippen LogP contribution in [0.15, 0.2) is 12.1 Å². The Morgan fingerprint density at radius 1 is 1.16 bits per heavy atom. The largest absolute Gasteiger partial charge is 0.496 e. The monoisotopic (exact) mass is 261 g/mol. The number of methoxy groups -OCH3 is 1. The smallest absolute Gasteiger partial charge is 0.254 e. The maximum atomic E-state index is 12.5. The quantitative estimate of drug-likeness (QED) is 0.819. The van der Waals surface area contributed by atoms with Gasteiger partial charge >= 0.3 is 0 Å². The van der Waals surface area contributed by atoms with E-state index in [4.69, 9.17) is 4.74 Å². The Kier molecular flexibility index (Phi) is 3.88. The van der Waals surface area contributed by atoms with Crippen molar-refractivity contribution in [2.45, 2.75) is 26.7 Å². The maximum Gasteiger partial charge on any atom is 0.254 e. The van der Waals surface area contributed by atoms with Crippen LogP contribution in [-0.2, 0) is 4.79 Å². The molecule has 1 amide bonds. The highest BCUT2D eigenvalue weighted by molar-refractivity contribution is 5.97. The van der Waals surface area contributed by atoms with Crippen molar-refractivity contribution in [2.24, 2.45) is 0 Å². The summed E-state index contributed by atoms with van der Waals surface area (Å²) in [6.07, 6.45) is 0.944. The number of amides is 1. The summed E-state index contributed by atoms with van der Waals surface area (Å²) < 4.78 is 5.25. The van der Waals surface area contributed by atoms with E-state index in [1.54, 1.807) is 18.1 Å². The lowest BCUT2D eigenvalue weighted by atomic mass is 10.00. The highest BCUT2D eigenvalue weighted by Gasteiger charge is 2.23. The molecule has 0 atom stereocenters. The fraction of sp³-hybridized carbons (Fsp3) is 0.467. The van der Waals surface area contributed by atoms with Gasteiger partial charge in [0.15, 0.2) is 0 Å². The minimum atomic E-state index is 0.00996. The van der Waals surface area contributed by atoms with Gasteiger partial charge in [-0.3, -0.25) is 9.59 Å². The van der Waals surface area contributed by atoms with E-state index in [9.17, 15) is 9.59 Å². The van der Waals surface area contributed by atoms with Gasteiger partial charge in [-0.1, -0.05) is 0 Å². The number of benzene rings is 1. The number of carbonyl (C=O) groups is 2. The third-order valence-electron chi connectivity index (χ3n) is 3.80. The van der Waals surface area contributed by atoms with Gasteiger partial charge in [-0.15, -0.1) is 0 Å². The number of ketones is 1. The van der Waals surface area contributed by atoms with Gasteiger partial charge in [0.05, 0.1) is 7.11 Å².